The van der Waals surface area contributed by atoms with Crippen molar-refractivity contribution < 1.29 is 8.42 Å². The highest BCUT2D eigenvalue weighted by Gasteiger charge is 2.23. The monoisotopic (exact) mass is 304 g/mol. The predicted octanol–water partition coefficient (Wildman–Crippen LogP) is 2.88. The third-order valence-corrected chi connectivity index (χ3v) is 5.05. The summed E-state index contributed by atoms with van der Waals surface area (Å²) in [6.45, 7) is 8.59. The zero-order valence-electron chi connectivity index (χ0n) is 11.7. The minimum atomic E-state index is -3.60. The van der Waals surface area contributed by atoms with Gasteiger partial charge in [0.1, 0.15) is 4.90 Å². The Morgan fingerprint density at radius 1 is 1.37 bits per heavy atom. The van der Waals surface area contributed by atoms with Gasteiger partial charge in [-0.15, -0.1) is 0 Å². The average molecular weight is 305 g/mol. The summed E-state index contributed by atoms with van der Waals surface area (Å²) in [6.07, 6.45) is 0. The zero-order chi connectivity index (χ0) is 14.8. The van der Waals surface area contributed by atoms with Gasteiger partial charge >= 0.3 is 0 Å². The van der Waals surface area contributed by atoms with Gasteiger partial charge in [-0.25, -0.2) is 13.1 Å². The van der Waals surface area contributed by atoms with Gasteiger partial charge in [-0.2, -0.15) is 0 Å². The van der Waals surface area contributed by atoms with Crippen molar-refractivity contribution in [2.24, 2.45) is 11.3 Å². The number of benzene rings is 1. The minimum absolute atomic E-state index is 0.0358. The van der Waals surface area contributed by atoms with Gasteiger partial charge in [-0.3, -0.25) is 0 Å². The molecule has 0 aliphatic rings. The van der Waals surface area contributed by atoms with E-state index in [0.29, 0.717) is 11.6 Å². The number of halogens is 1. The maximum Gasteiger partial charge on any atom is 0.242 e. The van der Waals surface area contributed by atoms with E-state index in [2.05, 4.69) is 25.5 Å². The Hall–Kier alpha value is -0.780. The van der Waals surface area contributed by atoms with E-state index in [0.717, 1.165) is 0 Å². The molecule has 0 spiro atoms. The second-order valence-electron chi connectivity index (χ2n) is 5.80. The topological polar surface area (TPSA) is 72.2 Å². The number of nitrogens with two attached hydrogens (primary N) is 1. The molecule has 1 aromatic carbocycles. The minimum Gasteiger partial charge on any atom is -0.398 e. The molecule has 108 valence electrons. The molecule has 1 unspecified atom stereocenters. The second-order valence-corrected chi connectivity index (χ2v) is 7.97. The molecule has 0 aliphatic heterocycles. The van der Waals surface area contributed by atoms with Crippen LogP contribution in [0.3, 0.4) is 0 Å². The van der Waals surface area contributed by atoms with Crippen molar-refractivity contribution in [3.63, 3.8) is 0 Å². The van der Waals surface area contributed by atoms with Crippen LogP contribution in [-0.4, -0.2) is 15.0 Å². The SMILES string of the molecule is CC(CNS(=O)(=O)c1ccc(Cl)cc1N)C(C)(C)C. The second kappa shape index (κ2) is 5.69. The molecule has 19 heavy (non-hydrogen) atoms. The molecule has 0 fully saturated rings. The van der Waals surface area contributed by atoms with Gasteiger partial charge in [0.05, 0.1) is 5.69 Å². The van der Waals surface area contributed by atoms with Crippen LogP contribution in [0.1, 0.15) is 27.7 Å². The summed E-state index contributed by atoms with van der Waals surface area (Å²) in [5.74, 6) is 0.204. The first-order valence-electron chi connectivity index (χ1n) is 6.09. The van der Waals surface area contributed by atoms with Gasteiger partial charge < -0.3 is 5.73 Å². The lowest BCUT2D eigenvalue weighted by molar-refractivity contribution is 0.263. The smallest absolute Gasteiger partial charge is 0.242 e. The molecular formula is C13H21ClN2O2S. The van der Waals surface area contributed by atoms with Crippen LogP contribution in [0.15, 0.2) is 23.1 Å². The van der Waals surface area contributed by atoms with Crippen molar-refractivity contribution in [3.8, 4) is 0 Å². The molecule has 0 heterocycles. The number of sulfonamides is 1. The Labute approximate surface area is 120 Å². The normalized spacial score (nSPS) is 14.4. The molecule has 1 atom stereocenters. The summed E-state index contributed by atoms with van der Waals surface area (Å²) >= 11 is 5.76. The lowest BCUT2D eigenvalue weighted by Crippen LogP contribution is -2.34. The first-order chi connectivity index (χ1) is 8.54. The third kappa shape index (κ3) is 4.37. The highest BCUT2D eigenvalue weighted by Crippen LogP contribution is 2.26. The number of hydrogen-bond donors (Lipinski definition) is 2. The van der Waals surface area contributed by atoms with Crippen LogP contribution >= 0.6 is 11.6 Å². The predicted molar refractivity (Wildman–Crippen MR) is 79.7 cm³/mol. The van der Waals surface area contributed by atoms with Crippen LogP contribution in [0, 0.1) is 11.3 Å². The zero-order valence-corrected chi connectivity index (χ0v) is 13.3. The van der Waals surface area contributed by atoms with E-state index in [1.54, 1.807) is 0 Å². The molecule has 1 rings (SSSR count). The van der Waals surface area contributed by atoms with Crippen molar-refractivity contribution in [2.75, 3.05) is 12.3 Å². The van der Waals surface area contributed by atoms with E-state index in [1.807, 2.05) is 6.92 Å². The van der Waals surface area contributed by atoms with E-state index < -0.39 is 10.0 Å². The molecule has 0 aromatic heterocycles. The largest absolute Gasteiger partial charge is 0.398 e. The van der Waals surface area contributed by atoms with E-state index >= 15 is 0 Å². The van der Waals surface area contributed by atoms with Gasteiger partial charge in [-0.1, -0.05) is 39.3 Å². The Bertz CT molecular complexity index is 550. The Morgan fingerprint density at radius 3 is 2.42 bits per heavy atom. The maximum atomic E-state index is 12.2. The summed E-state index contributed by atoms with van der Waals surface area (Å²) in [4.78, 5) is 0.0676. The summed E-state index contributed by atoms with van der Waals surface area (Å²) in [7, 11) is -3.60. The highest BCUT2D eigenvalue weighted by atomic mass is 35.5. The molecule has 0 saturated carbocycles. The molecule has 4 nitrogen and oxygen atoms in total. The van der Waals surface area contributed by atoms with Crippen molar-refractivity contribution in [3.05, 3.63) is 23.2 Å². The van der Waals surface area contributed by atoms with Crippen LogP contribution in [0.2, 0.25) is 5.02 Å². The maximum absolute atomic E-state index is 12.2. The van der Waals surface area contributed by atoms with E-state index in [4.69, 9.17) is 17.3 Å². The summed E-state index contributed by atoms with van der Waals surface area (Å²) in [6, 6.07) is 4.37. The number of hydrogen-bond acceptors (Lipinski definition) is 3. The number of anilines is 1. The standard InChI is InChI=1S/C13H21ClN2O2S/c1-9(13(2,3)4)8-16-19(17,18)12-6-5-10(14)7-11(12)15/h5-7,9,16H,8,15H2,1-4H3. The third-order valence-electron chi connectivity index (χ3n) is 3.32. The van der Waals surface area contributed by atoms with Crippen molar-refractivity contribution >= 4 is 27.3 Å². The molecule has 0 amide bonds. The number of rotatable bonds is 4. The Kier molecular flexibility index (Phi) is 4.87. The Balaban J connectivity index is 2.88. The fourth-order valence-electron chi connectivity index (χ4n) is 1.38. The van der Waals surface area contributed by atoms with Gasteiger partial charge in [0.15, 0.2) is 0 Å². The molecule has 0 radical (unpaired) electrons. The number of nitrogen functional groups attached to an aromatic ring is 1. The fraction of sp³-hybridized carbons (Fsp3) is 0.538. The van der Waals surface area contributed by atoms with Gasteiger partial charge in [0.2, 0.25) is 10.0 Å². The van der Waals surface area contributed by atoms with Gasteiger partial charge in [0.25, 0.3) is 0 Å². The summed E-state index contributed by atoms with van der Waals surface area (Å²) in [5.41, 5.74) is 5.89. The summed E-state index contributed by atoms with van der Waals surface area (Å²) < 4.78 is 26.9. The highest BCUT2D eigenvalue weighted by molar-refractivity contribution is 7.89. The first kappa shape index (κ1) is 16.3. The van der Waals surface area contributed by atoms with Crippen molar-refractivity contribution in [1.29, 1.82) is 0 Å². The first-order valence-corrected chi connectivity index (χ1v) is 7.95. The quantitative estimate of drug-likeness (QED) is 0.840. The molecule has 3 N–H and O–H groups in total. The fourth-order valence-corrected chi connectivity index (χ4v) is 2.80. The van der Waals surface area contributed by atoms with E-state index in [-0.39, 0.29) is 21.9 Å². The molecule has 6 heteroatoms. The molecule has 0 saturated heterocycles. The van der Waals surface area contributed by atoms with Gasteiger partial charge in [-0.05, 0) is 29.5 Å². The van der Waals surface area contributed by atoms with E-state index in [1.165, 1.54) is 18.2 Å². The van der Waals surface area contributed by atoms with Crippen LogP contribution < -0.4 is 10.5 Å². The molecule has 0 aliphatic carbocycles. The van der Waals surface area contributed by atoms with Crippen molar-refractivity contribution in [2.45, 2.75) is 32.6 Å². The summed E-state index contributed by atoms with van der Waals surface area (Å²) in [5, 5.41) is 0.416. The lowest BCUT2D eigenvalue weighted by Gasteiger charge is -2.27. The number of nitrogens with one attached hydrogen (secondary N) is 1. The van der Waals surface area contributed by atoms with E-state index in [9.17, 15) is 8.42 Å². The van der Waals surface area contributed by atoms with Crippen LogP contribution in [0.25, 0.3) is 0 Å². The molecule has 0 bridgehead atoms. The lowest BCUT2D eigenvalue weighted by atomic mass is 9.82. The molecular weight excluding hydrogens is 284 g/mol. The molecule has 1 aromatic rings. The van der Waals surface area contributed by atoms with Crippen LogP contribution in [-0.2, 0) is 10.0 Å². The van der Waals surface area contributed by atoms with Crippen LogP contribution in [0.5, 0.6) is 0 Å². The average Bonchev–Trinajstić information content (AvgIpc) is 2.24. The van der Waals surface area contributed by atoms with Gasteiger partial charge in [0, 0.05) is 11.6 Å². The van der Waals surface area contributed by atoms with Crippen molar-refractivity contribution in [1.82, 2.24) is 4.72 Å². The Morgan fingerprint density at radius 2 is 1.95 bits per heavy atom. The van der Waals surface area contributed by atoms with Crippen LogP contribution in [0.4, 0.5) is 5.69 Å².